The number of nitrogens with zero attached hydrogens (tertiary/aromatic N) is 1. The highest BCUT2D eigenvalue weighted by molar-refractivity contribution is 7.11. The molecule has 1 aromatic carbocycles. The smallest absolute Gasteiger partial charge is 0.0959 e. The number of nitrogens with one attached hydrogen (secondary N) is 1. The van der Waals surface area contributed by atoms with E-state index in [1.165, 1.54) is 34.7 Å². The molecule has 0 bridgehead atoms. The lowest BCUT2D eigenvalue weighted by molar-refractivity contribution is 0.275. The number of aliphatic hydroxyl groups is 1. The van der Waals surface area contributed by atoms with Gasteiger partial charge in [0, 0.05) is 36.2 Å². The van der Waals surface area contributed by atoms with Crippen molar-refractivity contribution in [3.63, 3.8) is 0 Å². The summed E-state index contributed by atoms with van der Waals surface area (Å²) >= 11 is 1.85. The maximum Gasteiger partial charge on any atom is 0.0959 e. The van der Waals surface area contributed by atoms with Gasteiger partial charge in [-0.15, -0.1) is 11.3 Å². The Kier molecular flexibility index (Phi) is 5.59. The van der Waals surface area contributed by atoms with E-state index in [1.54, 1.807) is 0 Å². The van der Waals surface area contributed by atoms with Crippen molar-refractivity contribution >= 4 is 11.3 Å². The van der Waals surface area contributed by atoms with Gasteiger partial charge in [-0.1, -0.05) is 36.8 Å². The first-order valence-corrected chi connectivity index (χ1v) is 9.02. The molecule has 118 valence electrons. The first-order valence-electron chi connectivity index (χ1n) is 8.20. The summed E-state index contributed by atoms with van der Waals surface area (Å²) in [5, 5.41) is 14.1. The zero-order chi connectivity index (χ0) is 15.2. The van der Waals surface area contributed by atoms with Crippen molar-refractivity contribution in [1.82, 2.24) is 10.3 Å². The van der Waals surface area contributed by atoms with Crippen LogP contribution in [0.25, 0.3) is 0 Å². The summed E-state index contributed by atoms with van der Waals surface area (Å²) in [4.78, 5) is 5.90. The molecule has 1 unspecified atom stereocenters. The Bertz CT molecular complexity index is 565. The lowest BCUT2D eigenvalue weighted by Gasteiger charge is -2.22. The van der Waals surface area contributed by atoms with Crippen LogP contribution in [0.1, 0.15) is 59.5 Å². The van der Waals surface area contributed by atoms with E-state index in [0.717, 1.165) is 25.3 Å². The molecule has 0 radical (unpaired) electrons. The van der Waals surface area contributed by atoms with Crippen LogP contribution in [0.5, 0.6) is 0 Å². The fourth-order valence-electron chi connectivity index (χ4n) is 2.84. The highest BCUT2D eigenvalue weighted by Crippen LogP contribution is 2.38. The van der Waals surface area contributed by atoms with Gasteiger partial charge in [-0.05, 0) is 31.2 Å². The number of benzene rings is 1. The number of hydrogen-bond donors (Lipinski definition) is 2. The molecule has 2 aromatic rings. The third kappa shape index (κ3) is 3.94. The van der Waals surface area contributed by atoms with Crippen molar-refractivity contribution in [3.05, 3.63) is 52.0 Å². The van der Waals surface area contributed by atoms with Gasteiger partial charge >= 0.3 is 0 Å². The first-order chi connectivity index (χ1) is 10.9. The highest BCUT2D eigenvalue weighted by atomic mass is 32.1. The second kappa shape index (κ2) is 7.86. The Morgan fingerprint density at radius 1 is 1.27 bits per heavy atom. The Balaban J connectivity index is 1.59. The van der Waals surface area contributed by atoms with Crippen LogP contribution in [0.15, 0.2) is 36.5 Å². The van der Waals surface area contributed by atoms with Crippen LogP contribution >= 0.6 is 11.3 Å². The summed E-state index contributed by atoms with van der Waals surface area (Å²) in [6.45, 7) is 1.10. The summed E-state index contributed by atoms with van der Waals surface area (Å²) in [6.07, 6.45) is 7.78. The van der Waals surface area contributed by atoms with Gasteiger partial charge in [0.05, 0.1) is 5.01 Å². The average Bonchev–Trinajstić information content (AvgIpc) is 2.95. The molecule has 1 aliphatic rings. The molecule has 1 fully saturated rings. The molecule has 1 atom stereocenters. The SMILES string of the molecule is OCCCC(NCc1cnc(C2CCC2)s1)c1ccccc1. The number of aliphatic hydroxyl groups excluding tert-OH is 1. The number of thiazole rings is 1. The summed E-state index contributed by atoms with van der Waals surface area (Å²) in [5.74, 6) is 0.720. The van der Waals surface area contributed by atoms with E-state index in [2.05, 4.69) is 34.6 Å². The lowest BCUT2D eigenvalue weighted by atomic mass is 9.86. The molecule has 0 saturated heterocycles. The molecule has 1 saturated carbocycles. The second-order valence-electron chi connectivity index (χ2n) is 6.00. The Labute approximate surface area is 136 Å². The highest BCUT2D eigenvalue weighted by Gasteiger charge is 2.22. The van der Waals surface area contributed by atoms with Crippen molar-refractivity contribution < 1.29 is 5.11 Å². The van der Waals surface area contributed by atoms with Gasteiger partial charge in [0.2, 0.25) is 0 Å². The predicted molar refractivity (Wildman–Crippen MR) is 91.0 cm³/mol. The maximum absolute atomic E-state index is 9.11. The predicted octanol–water partition coefficient (Wildman–Crippen LogP) is 4.01. The summed E-state index contributed by atoms with van der Waals surface area (Å²) in [7, 11) is 0. The van der Waals surface area contributed by atoms with Gasteiger partial charge in [-0.2, -0.15) is 0 Å². The molecule has 3 nitrogen and oxygen atoms in total. The van der Waals surface area contributed by atoms with Crippen molar-refractivity contribution in [1.29, 1.82) is 0 Å². The summed E-state index contributed by atoms with van der Waals surface area (Å²) in [5.41, 5.74) is 1.29. The Morgan fingerprint density at radius 3 is 2.77 bits per heavy atom. The molecule has 4 heteroatoms. The number of aromatic nitrogens is 1. The van der Waals surface area contributed by atoms with Crippen LogP contribution < -0.4 is 5.32 Å². The molecule has 3 rings (SSSR count). The fraction of sp³-hybridized carbons (Fsp3) is 0.500. The van der Waals surface area contributed by atoms with Crippen LogP contribution in [-0.2, 0) is 6.54 Å². The van der Waals surface area contributed by atoms with E-state index in [0.29, 0.717) is 6.04 Å². The second-order valence-corrected chi connectivity index (χ2v) is 7.15. The molecule has 0 spiro atoms. The van der Waals surface area contributed by atoms with Crippen LogP contribution in [-0.4, -0.2) is 16.7 Å². The van der Waals surface area contributed by atoms with E-state index in [4.69, 9.17) is 5.11 Å². The molecular weight excluding hydrogens is 292 g/mol. The zero-order valence-electron chi connectivity index (χ0n) is 12.9. The lowest BCUT2D eigenvalue weighted by Crippen LogP contribution is -2.20. The van der Waals surface area contributed by atoms with Crippen LogP contribution in [0, 0.1) is 0 Å². The van der Waals surface area contributed by atoms with Gasteiger partial charge in [-0.3, -0.25) is 0 Å². The maximum atomic E-state index is 9.11. The van der Waals surface area contributed by atoms with Crippen LogP contribution in [0.3, 0.4) is 0 Å². The normalized spacial score (nSPS) is 16.4. The van der Waals surface area contributed by atoms with Crippen LogP contribution in [0.4, 0.5) is 0 Å². The van der Waals surface area contributed by atoms with Gasteiger partial charge in [-0.25, -0.2) is 4.98 Å². The van der Waals surface area contributed by atoms with Gasteiger partial charge in [0.25, 0.3) is 0 Å². The van der Waals surface area contributed by atoms with E-state index in [9.17, 15) is 0 Å². The minimum Gasteiger partial charge on any atom is -0.396 e. The van der Waals surface area contributed by atoms with Gasteiger partial charge in [0.1, 0.15) is 0 Å². The van der Waals surface area contributed by atoms with Crippen molar-refractivity contribution in [2.24, 2.45) is 0 Å². The summed E-state index contributed by atoms with van der Waals surface area (Å²) < 4.78 is 0. The molecule has 2 N–H and O–H groups in total. The third-order valence-corrected chi connectivity index (χ3v) is 5.56. The number of rotatable bonds is 8. The molecular formula is C18H24N2OS. The Hall–Kier alpha value is -1.23. The van der Waals surface area contributed by atoms with Crippen LogP contribution in [0.2, 0.25) is 0 Å². The third-order valence-electron chi connectivity index (χ3n) is 4.40. The molecule has 0 aliphatic heterocycles. The molecule has 0 amide bonds. The van der Waals surface area contributed by atoms with Crippen molar-refractivity contribution in [2.75, 3.05) is 6.61 Å². The Morgan fingerprint density at radius 2 is 2.09 bits per heavy atom. The number of hydrogen-bond acceptors (Lipinski definition) is 4. The quantitative estimate of drug-likeness (QED) is 0.773. The van der Waals surface area contributed by atoms with E-state index in [-0.39, 0.29) is 6.61 Å². The molecule has 1 aromatic heterocycles. The monoisotopic (exact) mass is 316 g/mol. The largest absolute Gasteiger partial charge is 0.396 e. The van der Waals surface area contributed by atoms with Gasteiger partial charge < -0.3 is 10.4 Å². The van der Waals surface area contributed by atoms with E-state index in [1.807, 2.05) is 23.6 Å². The van der Waals surface area contributed by atoms with Crippen molar-refractivity contribution in [3.8, 4) is 0 Å². The first kappa shape index (κ1) is 15.7. The minimum atomic E-state index is 0.247. The topological polar surface area (TPSA) is 45.1 Å². The fourth-order valence-corrected chi connectivity index (χ4v) is 3.88. The average molecular weight is 316 g/mol. The van der Waals surface area contributed by atoms with E-state index < -0.39 is 0 Å². The molecule has 22 heavy (non-hydrogen) atoms. The molecule has 1 heterocycles. The summed E-state index contributed by atoms with van der Waals surface area (Å²) in [6, 6.07) is 10.8. The minimum absolute atomic E-state index is 0.247. The van der Waals surface area contributed by atoms with E-state index >= 15 is 0 Å². The molecule has 1 aliphatic carbocycles. The zero-order valence-corrected chi connectivity index (χ0v) is 13.7. The van der Waals surface area contributed by atoms with Gasteiger partial charge in [0.15, 0.2) is 0 Å². The standard InChI is InChI=1S/C18H24N2OS/c21-11-5-10-17(14-6-2-1-3-7-14)19-12-16-13-20-18(22-16)15-8-4-9-15/h1-3,6-7,13,15,17,19,21H,4-5,8-12H2. The van der Waals surface area contributed by atoms with Crippen molar-refractivity contribution in [2.45, 2.75) is 50.6 Å².